The minimum atomic E-state index is 0.890. The highest BCUT2D eigenvalue weighted by Gasteiger charge is 2.12. The molecule has 2 heterocycles. The lowest BCUT2D eigenvalue weighted by atomic mass is 9.99. The molecule has 0 atom stereocenters. The molecule has 0 fully saturated rings. The molecule has 1 aliphatic rings. The standard InChI is InChI=1S/C14H14N2/c1-9-8-11-6-5-10(2)16-13(11)14-12(9)4-3-7-15-14/h3-6,8,15H,7H2,1-2H3. The highest BCUT2D eigenvalue weighted by atomic mass is 14.9. The molecule has 0 spiro atoms. The van der Waals surface area contributed by atoms with Crippen LogP contribution >= 0.6 is 0 Å². The average molecular weight is 210 g/mol. The molecule has 2 nitrogen and oxygen atoms in total. The zero-order valence-electron chi connectivity index (χ0n) is 9.54. The first-order valence-corrected chi connectivity index (χ1v) is 5.57. The van der Waals surface area contributed by atoms with Crippen molar-refractivity contribution < 1.29 is 0 Å². The molecule has 1 aromatic heterocycles. The fourth-order valence-corrected chi connectivity index (χ4v) is 2.25. The Morgan fingerprint density at radius 2 is 2.12 bits per heavy atom. The predicted octanol–water partition coefficient (Wildman–Crippen LogP) is 3.29. The molecule has 1 N–H and O–H groups in total. The van der Waals surface area contributed by atoms with Crippen LogP contribution in [0.3, 0.4) is 0 Å². The maximum Gasteiger partial charge on any atom is 0.0942 e. The summed E-state index contributed by atoms with van der Waals surface area (Å²) in [4.78, 5) is 4.63. The molecular weight excluding hydrogens is 196 g/mol. The number of hydrogen-bond donors (Lipinski definition) is 1. The van der Waals surface area contributed by atoms with Crippen molar-refractivity contribution in [1.82, 2.24) is 4.98 Å². The quantitative estimate of drug-likeness (QED) is 0.721. The van der Waals surface area contributed by atoms with Crippen LogP contribution in [0.25, 0.3) is 17.0 Å². The lowest BCUT2D eigenvalue weighted by molar-refractivity contribution is 1.23. The third-order valence-corrected chi connectivity index (χ3v) is 3.05. The minimum Gasteiger partial charge on any atom is -0.379 e. The van der Waals surface area contributed by atoms with Crippen molar-refractivity contribution in [2.24, 2.45) is 0 Å². The second kappa shape index (κ2) is 3.34. The van der Waals surface area contributed by atoms with Crippen molar-refractivity contribution in [2.45, 2.75) is 13.8 Å². The van der Waals surface area contributed by atoms with Crippen LogP contribution in [0.5, 0.6) is 0 Å². The van der Waals surface area contributed by atoms with Gasteiger partial charge in [-0.15, -0.1) is 0 Å². The first kappa shape index (κ1) is 9.40. The Labute approximate surface area is 95.0 Å². The summed E-state index contributed by atoms with van der Waals surface area (Å²) in [5.41, 5.74) is 5.91. The van der Waals surface area contributed by atoms with Crippen molar-refractivity contribution in [3.8, 4) is 0 Å². The van der Waals surface area contributed by atoms with Crippen LogP contribution in [0.4, 0.5) is 5.69 Å². The largest absolute Gasteiger partial charge is 0.379 e. The van der Waals surface area contributed by atoms with Gasteiger partial charge in [0.25, 0.3) is 0 Å². The molecule has 0 saturated heterocycles. The normalized spacial score (nSPS) is 13.6. The number of aryl methyl sites for hydroxylation is 2. The topological polar surface area (TPSA) is 24.9 Å². The smallest absolute Gasteiger partial charge is 0.0942 e. The summed E-state index contributed by atoms with van der Waals surface area (Å²) in [6.45, 7) is 5.07. The SMILES string of the molecule is Cc1ccc2cc(C)c3c(c2n1)NCC=C3. The Kier molecular flexibility index (Phi) is 1.96. The van der Waals surface area contributed by atoms with Gasteiger partial charge in [-0.3, -0.25) is 4.98 Å². The highest BCUT2D eigenvalue weighted by Crippen LogP contribution is 2.32. The molecule has 2 heteroatoms. The summed E-state index contributed by atoms with van der Waals surface area (Å²) < 4.78 is 0. The summed E-state index contributed by atoms with van der Waals surface area (Å²) in [5, 5.41) is 4.64. The lowest BCUT2D eigenvalue weighted by Crippen LogP contribution is -2.07. The molecular formula is C14H14N2. The minimum absolute atomic E-state index is 0.890. The third-order valence-electron chi connectivity index (χ3n) is 3.05. The van der Waals surface area contributed by atoms with Gasteiger partial charge >= 0.3 is 0 Å². The van der Waals surface area contributed by atoms with Crippen LogP contribution in [0.2, 0.25) is 0 Å². The number of benzene rings is 1. The van der Waals surface area contributed by atoms with Gasteiger partial charge in [0.05, 0.1) is 11.2 Å². The van der Waals surface area contributed by atoms with Crippen molar-refractivity contribution in [2.75, 3.05) is 11.9 Å². The highest BCUT2D eigenvalue weighted by molar-refractivity contribution is 5.97. The Bertz CT molecular complexity index is 597. The summed E-state index contributed by atoms with van der Waals surface area (Å²) in [7, 11) is 0. The van der Waals surface area contributed by atoms with Gasteiger partial charge in [-0.1, -0.05) is 18.2 Å². The van der Waals surface area contributed by atoms with E-state index in [1.54, 1.807) is 0 Å². The molecule has 0 unspecified atom stereocenters. The lowest BCUT2D eigenvalue weighted by Gasteiger charge is -2.17. The van der Waals surface area contributed by atoms with E-state index in [0.717, 1.165) is 17.8 Å². The van der Waals surface area contributed by atoms with Gasteiger partial charge in [0, 0.05) is 23.2 Å². The van der Waals surface area contributed by atoms with Crippen LogP contribution in [0, 0.1) is 13.8 Å². The molecule has 80 valence electrons. The molecule has 0 radical (unpaired) electrons. The van der Waals surface area contributed by atoms with Gasteiger partial charge in [-0.25, -0.2) is 0 Å². The number of anilines is 1. The number of hydrogen-bond acceptors (Lipinski definition) is 2. The fraction of sp³-hybridized carbons (Fsp3) is 0.214. The van der Waals surface area contributed by atoms with Gasteiger partial charge in [0.15, 0.2) is 0 Å². The number of fused-ring (bicyclic) bond motifs is 3. The van der Waals surface area contributed by atoms with E-state index >= 15 is 0 Å². The Morgan fingerprint density at radius 1 is 1.25 bits per heavy atom. The van der Waals surface area contributed by atoms with Gasteiger partial charge < -0.3 is 5.32 Å². The maximum absolute atomic E-state index is 4.63. The van der Waals surface area contributed by atoms with E-state index in [1.165, 1.54) is 22.2 Å². The maximum atomic E-state index is 4.63. The Hall–Kier alpha value is -1.83. The van der Waals surface area contributed by atoms with Crippen molar-refractivity contribution >= 4 is 22.7 Å². The fourth-order valence-electron chi connectivity index (χ4n) is 2.25. The van der Waals surface area contributed by atoms with Crippen molar-refractivity contribution in [1.29, 1.82) is 0 Å². The summed E-state index contributed by atoms with van der Waals surface area (Å²) in [5.74, 6) is 0. The number of pyridine rings is 1. The first-order valence-electron chi connectivity index (χ1n) is 5.57. The van der Waals surface area contributed by atoms with Gasteiger partial charge in [0.2, 0.25) is 0 Å². The van der Waals surface area contributed by atoms with Crippen molar-refractivity contribution in [3.05, 3.63) is 41.1 Å². The van der Waals surface area contributed by atoms with Crippen LogP contribution < -0.4 is 5.32 Å². The predicted molar refractivity (Wildman–Crippen MR) is 68.7 cm³/mol. The molecule has 0 aliphatic carbocycles. The zero-order chi connectivity index (χ0) is 11.1. The van der Waals surface area contributed by atoms with Crippen LogP contribution in [-0.2, 0) is 0 Å². The first-order chi connectivity index (χ1) is 7.75. The van der Waals surface area contributed by atoms with Crippen LogP contribution in [0.1, 0.15) is 16.8 Å². The molecule has 0 saturated carbocycles. The molecule has 2 aromatic rings. The number of nitrogens with one attached hydrogen (secondary N) is 1. The van der Waals surface area contributed by atoms with Gasteiger partial charge in [-0.2, -0.15) is 0 Å². The second-order valence-electron chi connectivity index (χ2n) is 4.29. The monoisotopic (exact) mass is 210 g/mol. The third kappa shape index (κ3) is 1.30. The molecule has 3 rings (SSSR count). The van der Waals surface area contributed by atoms with Crippen LogP contribution in [0.15, 0.2) is 24.3 Å². The van der Waals surface area contributed by atoms with E-state index in [0.29, 0.717) is 0 Å². The van der Waals surface area contributed by atoms with E-state index < -0.39 is 0 Å². The molecule has 1 aliphatic heterocycles. The van der Waals surface area contributed by atoms with E-state index in [4.69, 9.17) is 0 Å². The number of rotatable bonds is 0. The summed E-state index contributed by atoms with van der Waals surface area (Å²) >= 11 is 0. The van der Waals surface area contributed by atoms with Gasteiger partial charge in [-0.05, 0) is 31.5 Å². The Morgan fingerprint density at radius 3 is 3.00 bits per heavy atom. The summed E-state index contributed by atoms with van der Waals surface area (Å²) in [6.07, 6.45) is 4.33. The van der Waals surface area contributed by atoms with E-state index in [2.05, 4.69) is 47.6 Å². The Balaban J connectivity index is 2.44. The van der Waals surface area contributed by atoms with Gasteiger partial charge in [0.1, 0.15) is 0 Å². The van der Waals surface area contributed by atoms with E-state index in [1.807, 2.05) is 6.92 Å². The second-order valence-corrected chi connectivity index (χ2v) is 4.29. The van der Waals surface area contributed by atoms with E-state index in [9.17, 15) is 0 Å². The van der Waals surface area contributed by atoms with E-state index in [-0.39, 0.29) is 0 Å². The average Bonchev–Trinajstić information content (AvgIpc) is 2.31. The summed E-state index contributed by atoms with van der Waals surface area (Å²) in [6, 6.07) is 6.41. The zero-order valence-corrected chi connectivity index (χ0v) is 9.54. The molecule has 1 aromatic carbocycles. The molecule has 0 amide bonds. The number of nitrogens with zero attached hydrogens (tertiary/aromatic N) is 1. The van der Waals surface area contributed by atoms with Crippen molar-refractivity contribution in [3.63, 3.8) is 0 Å². The molecule has 16 heavy (non-hydrogen) atoms. The van der Waals surface area contributed by atoms with Crippen LogP contribution in [-0.4, -0.2) is 11.5 Å². The molecule has 0 bridgehead atoms. The number of aromatic nitrogens is 1.